The Morgan fingerprint density at radius 3 is 2.23 bits per heavy atom. The molecule has 1 saturated carbocycles. The summed E-state index contributed by atoms with van der Waals surface area (Å²) in [5.74, 6) is 1.06. The van der Waals surface area contributed by atoms with Gasteiger partial charge in [-0.15, -0.1) is 0 Å². The third-order valence-electron chi connectivity index (χ3n) is 3.52. The van der Waals surface area contributed by atoms with Gasteiger partial charge in [0.15, 0.2) is 0 Å². The fraction of sp³-hybridized carbons (Fsp3) is 1.00. The van der Waals surface area contributed by atoms with E-state index in [4.69, 9.17) is 0 Å². The summed E-state index contributed by atoms with van der Waals surface area (Å²) in [4.78, 5) is 2.59. The lowest BCUT2D eigenvalue weighted by Gasteiger charge is -2.42. The Bertz CT molecular complexity index is 131. The minimum Gasteiger partial charge on any atom is -0.303 e. The number of nitrogens with zero attached hydrogens (tertiary/aromatic N) is 1. The van der Waals surface area contributed by atoms with E-state index in [9.17, 15) is 0 Å². The van der Waals surface area contributed by atoms with Crippen molar-refractivity contribution in [3.8, 4) is 0 Å². The Morgan fingerprint density at radius 1 is 0.923 bits per heavy atom. The van der Waals surface area contributed by atoms with Crippen LogP contribution in [0, 0.1) is 5.92 Å². The minimum absolute atomic E-state index is 0.956. The number of rotatable bonds is 0. The highest BCUT2D eigenvalue weighted by atomic mass is 15.1. The van der Waals surface area contributed by atoms with Crippen LogP contribution in [0.25, 0.3) is 0 Å². The summed E-state index contributed by atoms with van der Waals surface area (Å²) in [7, 11) is 2.31. The van der Waals surface area contributed by atoms with Gasteiger partial charge in [0, 0.05) is 6.04 Å². The van der Waals surface area contributed by atoms with Gasteiger partial charge in [-0.3, -0.25) is 0 Å². The predicted octanol–water partition coefficient (Wildman–Crippen LogP) is 3.30. The van der Waals surface area contributed by atoms with Crippen molar-refractivity contribution in [1.29, 1.82) is 0 Å². The summed E-state index contributed by atoms with van der Waals surface area (Å²) in [6.07, 6.45) is 8.91. The molecule has 0 aromatic carbocycles. The summed E-state index contributed by atoms with van der Waals surface area (Å²) in [5.41, 5.74) is 0. The standard InChI is InChI=1S/C10H19N.C2H6/c1-11-8-4-6-9-5-2-3-7-10(9)11;1-2/h9-10H,2-8H2,1H3;1-2H3/t9-,10-;/m0./s1. The Balaban J connectivity index is 0.000000396. The molecule has 1 nitrogen and oxygen atoms in total. The molecule has 1 saturated heterocycles. The van der Waals surface area contributed by atoms with Crippen LogP contribution in [0.5, 0.6) is 0 Å². The Kier molecular flexibility index (Phi) is 4.79. The molecular weight excluding hydrogens is 158 g/mol. The molecule has 1 aliphatic heterocycles. The average Bonchev–Trinajstić information content (AvgIpc) is 2.22. The molecule has 2 aliphatic rings. The van der Waals surface area contributed by atoms with E-state index in [-0.39, 0.29) is 0 Å². The minimum atomic E-state index is 0.956. The quantitative estimate of drug-likeness (QED) is 0.557. The maximum absolute atomic E-state index is 2.59. The first-order valence-corrected chi connectivity index (χ1v) is 6.08. The number of fused-ring (bicyclic) bond motifs is 1. The smallest absolute Gasteiger partial charge is 0.0120 e. The van der Waals surface area contributed by atoms with Crippen molar-refractivity contribution in [2.45, 2.75) is 58.4 Å². The number of hydrogen-bond donors (Lipinski definition) is 0. The van der Waals surface area contributed by atoms with E-state index in [1.807, 2.05) is 13.8 Å². The Hall–Kier alpha value is -0.0400. The molecule has 1 heterocycles. The summed E-state index contributed by atoms with van der Waals surface area (Å²) in [6.45, 7) is 5.35. The van der Waals surface area contributed by atoms with Gasteiger partial charge in [0.1, 0.15) is 0 Å². The molecule has 13 heavy (non-hydrogen) atoms. The predicted molar refractivity (Wildman–Crippen MR) is 59.0 cm³/mol. The van der Waals surface area contributed by atoms with Gasteiger partial charge in [0.25, 0.3) is 0 Å². The molecule has 0 aromatic rings. The molecule has 2 atom stereocenters. The Morgan fingerprint density at radius 2 is 1.54 bits per heavy atom. The summed E-state index contributed by atoms with van der Waals surface area (Å²) in [6, 6.07) is 0.956. The van der Waals surface area contributed by atoms with Gasteiger partial charge >= 0.3 is 0 Å². The molecule has 0 aromatic heterocycles. The fourth-order valence-electron chi connectivity index (χ4n) is 2.87. The van der Waals surface area contributed by atoms with Crippen molar-refractivity contribution in [2.24, 2.45) is 5.92 Å². The molecule has 0 bridgehead atoms. The average molecular weight is 183 g/mol. The Labute approximate surface area is 83.5 Å². The van der Waals surface area contributed by atoms with Crippen LogP contribution >= 0.6 is 0 Å². The van der Waals surface area contributed by atoms with Gasteiger partial charge in [-0.1, -0.05) is 26.7 Å². The normalized spacial score (nSPS) is 34.4. The number of hydrogen-bond acceptors (Lipinski definition) is 1. The van der Waals surface area contributed by atoms with Crippen molar-refractivity contribution in [1.82, 2.24) is 4.90 Å². The van der Waals surface area contributed by atoms with Crippen LogP contribution in [0.1, 0.15) is 52.4 Å². The molecule has 0 N–H and O–H groups in total. The second kappa shape index (κ2) is 5.64. The van der Waals surface area contributed by atoms with Crippen LogP contribution in [-0.2, 0) is 0 Å². The van der Waals surface area contributed by atoms with Gasteiger partial charge in [0.2, 0.25) is 0 Å². The van der Waals surface area contributed by atoms with Crippen molar-refractivity contribution >= 4 is 0 Å². The first-order valence-electron chi connectivity index (χ1n) is 6.08. The van der Waals surface area contributed by atoms with Crippen LogP contribution < -0.4 is 0 Å². The first-order chi connectivity index (χ1) is 6.38. The SMILES string of the molecule is CC.CN1CCC[C@@H]2CCCC[C@@H]21. The molecule has 78 valence electrons. The van der Waals surface area contributed by atoms with E-state index in [1.165, 1.54) is 45.1 Å². The lowest BCUT2D eigenvalue weighted by atomic mass is 9.79. The fourth-order valence-corrected chi connectivity index (χ4v) is 2.87. The van der Waals surface area contributed by atoms with Gasteiger partial charge in [-0.25, -0.2) is 0 Å². The highest BCUT2D eigenvalue weighted by Crippen LogP contribution is 2.34. The zero-order chi connectivity index (χ0) is 9.68. The van der Waals surface area contributed by atoms with E-state index in [2.05, 4.69) is 11.9 Å². The number of likely N-dealkylation sites (tertiary alicyclic amines) is 1. The molecule has 2 rings (SSSR count). The van der Waals surface area contributed by atoms with E-state index < -0.39 is 0 Å². The third kappa shape index (κ3) is 2.70. The van der Waals surface area contributed by atoms with Crippen LogP contribution in [0.15, 0.2) is 0 Å². The largest absolute Gasteiger partial charge is 0.303 e. The van der Waals surface area contributed by atoms with Crippen molar-refractivity contribution < 1.29 is 0 Å². The maximum Gasteiger partial charge on any atom is 0.0120 e. The van der Waals surface area contributed by atoms with Crippen LogP contribution in [0.2, 0.25) is 0 Å². The lowest BCUT2D eigenvalue weighted by Crippen LogP contribution is -2.44. The van der Waals surface area contributed by atoms with Crippen molar-refractivity contribution in [2.75, 3.05) is 13.6 Å². The maximum atomic E-state index is 2.59. The molecule has 0 spiro atoms. The van der Waals surface area contributed by atoms with Crippen LogP contribution in [0.4, 0.5) is 0 Å². The van der Waals surface area contributed by atoms with Gasteiger partial charge in [-0.2, -0.15) is 0 Å². The molecule has 1 heteroatoms. The summed E-state index contributed by atoms with van der Waals surface area (Å²) >= 11 is 0. The monoisotopic (exact) mass is 183 g/mol. The second-order valence-electron chi connectivity index (χ2n) is 4.23. The number of piperidine rings is 1. The molecule has 1 aliphatic carbocycles. The summed E-state index contributed by atoms with van der Waals surface area (Å²) < 4.78 is 0. The zero-order valence-electron chi connectivity index (χ0n) is 9.55. The highest BCUT2D eigenvalue weighted by Gasteiger charge is 2.30. The highest BCUT2D eigenvalue weighted by molar-refractivity contribution is 4.85. The molecule has 0 amide bonds. The van der Waals surface area contributed by atoms with Gasteiger partial charge in [-0.05, 0) is 45.2 Å². The van der Waals surface area contributed by atoms with Crippen LogP contribution in [-0.4, -0.2) is 24.5 Å². The van der Waals surface area contributed by atoms with E-state index >= 15 is 0 Å². The molecule has 0 unspecified atom stereocenters. The van der Waals surface area contributed by atoms with Crippen LogP contribution in [0.3, 0.4) is 0 Å². The van der Waals surface area contributed by atoms with E-state index in [0.717, 1.165) is 12.0 Å². The topological polar surface area (TPSA) is 3.24 Å². The molecule has 0 radical (unpaired) electrons. The van der Waals surface area contributed by atoms with Gasteiger partial charge in [0.05, 0.1) is 0 Å². The molecule has 2 fully saturated rings. The second-order valence-corrected chi connectivity index (χ2v) is 4.23. The summed E-state index contributed by atoms with van der Waals surface area (Å²) in [5, 5.41) is 0. The zero-order valence-corrected chi connectivity index (χ0v) is 9.55. The van der Waals surface area contributed by atoms with Crippen molar-refractivity contribution in [3.05, 3.63) is 0 Å². The van der Waals surface area contributed by atoms with E-state index in [1.54, 1.807) is 0 Å². The lowest BCUT2D eigenvalue weighted by molar-refractivity contribution is 0.0841. The van der Waals surface area contributed by atoms with Gasteiger partial charge < -0.3 is 4.90 Å². The van der Waals surface area contributed by atoms with Crippen molar-refractivity contribution in [3.63, 3.8) is 0 Å². The van der Waals surface area contributed by atoms with E-state index in [0.29, 0.717) is 0 Å². The molecular formula is C12H25N. The third-order valence-corrected chi connectivity index (χ3v) is 3.52. The first kappa shape index (κ1) is 11.0.